The van der Waals surface area contributed by atoms with Gasteiger partial charge in [0.25, 0.3) is 0 Å². The molecule has 1 aliphatic carbocycles. The van der Waals surface area contributed by atoms with Crippen molar-refractivity contribution in [3.63, 3.8) is 0 Å². The molecule has 2 aromatic rings. The number of nitrogens with zero attached hydrogens (tertiary/aromatic N) is 2. The highest BCUT2D eigenvalue weighted by molar-refractivity contribution is 6.30. The van der Waals surface area contributed by atoms with Gasteiger partial charge >= 0.3 is 6.18 Å². The number of carbonyl (C=O) groups is 1. The average Bonchev–Trinajstić information content (AvgIpc) is 3.03. The lowest BCUT2D eigenvalue weighted by molar-refractivity contribution is -0.192. The predicted octanol–water partition coefficient (Wildman–Crippen LogP) is 5.56. The maximum Gasteiger partial charge on any atom is 0.414 e. The molecular weight excluding hydrogens is 434 g/mol. The Kier molecular flexibility index (Phi) is 6.24. The van der Waals surface area contributed by atoms with E-state index in [4.69, 9.17) is 11.6 Å². The number of fused-ring (bicyclic) bond motifs is 1. The molecule has 1 heterocycles. The average molecular weight is 458 g/mol. The topological polar surface area (TPSA) is 45.2 Å². The van der Waals surface area contributed by atoms with E-state index in [-0.39, 0.29) is 17.6 Å². The zero-order chi connectivity index (χ0) is 23.1. The number of carbonyl (C=O) groups excluding carboxylic acids is 1. The number of hydrogen-bond acceptors (Lipinski definition) is 3. The largest absolute Gasteiger partial charge is 0.414 e. The van der Waals surface area contributed by atoms with Crippen LogP contribution >= 0.6 is 11.6 Å². The number of pyridine rings is 1. The molecule has 31 heavy (non-hydrogen) atoms. The van der Waals surface area contributed by atoms with Gasteiger partial charge in [-0.3, -0.25) is 9.78 Å². The van der Waals surface area contributed by atoms with Crippen LogP contribution in [-0.4, -0.2) is 35.1 Å². The van der Waals surface area contributed by atoms with Crippen molar-refractivity contribution < 1.29 is 22.4 Å². The molecule has 3 rings (SSSR count). The highest BCUT2D eigenvalue weighted by Crippen LogP contribution is 2.38. The number of aromatic nitrogens is 1. The highest BCUT2D eigenvalue weighted by atomic mass is 35.5. The van der Waals surface area contributed by atoms with Crippen molar-refractivity contribution in [1.82, 2.24) is 9.88 Å². The van der Waals surface area contributed by atoms with E-state index in [0.717, 1.165) is 12.6 Å². The van der Waals surface area contributed by atoms with E-state index in [1.165, 1.54) is 24.4 Å². The first-order chi connectivity index (χ1) is 14.3. The summed E-state index contributed by atoms with van der Waals surface area (Å²) >= 11 is 5.91. The quantitative estimate of drug-likeness (QED) is 0.611. The smallest absolute Gasteiger partial charge is 0.380 e. The number of amides is 1. The molecule has 1 aromatic carbocycles. The van der Waals surface area contributed by atoms with Crippen LogP contribution in [0.3, 0.4) is 0 Å². The summed E-state index contributed by atoms with van der Waals surface area (Å²) < 4.78 is 55.4. The van der Waals surface area contributed by atoms with Gasteiger partial charge in [-0.15, -0.1) is 0 Å². The van der Waals surface area contributed by atoms with Crippen LogP contribution in [0.15, 0.2) is 30.5 Å². The van der Waals surface area contributed by atoms with Crippen LogP contribution in [0.4, 0.5) is 23.2 Å². The molecule has 168 valence electrons. The monoisotopic (exact) mass is 457 g/mol. The normalized spacial score (nSPS) is 17.3. The van der Waals surface area contributed by atoms with Gasteiger partial charge in [-0.2, -0.15) is 13.2 Å². The summed E-state index contributed by atoms with van der Waals surface area (Å²) in [6.07, 6.45) is -2.39. The lowest BCUT2D eigenvalue weighted by atomic mass is 9.93. The predicted molar refractivity (Wildman–Crippen MR) is 111 cm³/mol. The Morgan fingerprint density at radius 1 is 1.23 bits per heavy atom. The zero-order valence-corrected chi connectivity index (χ0v) is 18.4. The van der Waals surface area contributed by atoms with E-state index in [0.29, 0.717) is 34.0 Å². The Labute approximate surface area is 183 Å². The van der Waals surface area contributed by atoms with Gasteiger partial charge in [0.1, 0.15) is 5.82 Å². The molecular formula is C22H24ClF4N3O. The van der Waals surface area contributed by atoms with Gasteiger partial charge in [0.2, 0.25) is 5.91 Å². The van der Waals surface area contributed by atoms with Crippen molar-refractivity contribution in [2.24, 2.45) is 5.41 Å². The third-order valence-electron chi connectivity index (χ3n) is 5.27. The number of alkyl halides is 3. The van der Waals surface area contributed by atoms with E-state index < -0.39 is 23.5 Å². The summed E-state index contributed by atoms with van der Waals surface area (Å²) in [5.74, 6) is -0.997. The fraction of sp³-hybridized carbons (Fsp3) is 0.455. The minimum absolute atomic E-state index is 0.126. The molecule has 4 nitrogen and oxygen atoms in total. The maximum absolute atomic E-state index is 14.1. The first-order valence-electron chi connectivity index (χ1n) is 9.80. The number of anilines is 1. The third kappa shape index (κ3) is 5.11. The third-order valence-corrected chi connectivity index (χ3v) is 5.48. The van der Waals surface area contributed by atoms with E-state index >= 15 is 0 Å². The van der Waals surface area contributed by atoms with Crippen LogP contribution in [0.5, 0.6) is 0 Å². The summed E-state index contributed by atoms with van der Waals surface area (Å²) in [5.41, 5.74) is 0.678. The van der Waals surface area contributed by atoms with Gasteiger partial charge in [-0.05, 0) is 48.2 Å². The Bertz CT molecular complexity index is 970. The molecule has 9 heteroatoms. The molecule has 0 aliphatic heterocycles. The van der Waals surface area contributed by atoms with Gasteiger partial charge < -0.3 is 10.2 Å². The van der Waals surface area contributed by atoms with Crippen molar-refractivity contribution in [1.29, 1.82) is 0 Å². The van der Waals surface area contributed by atoms with Gasteiger partial charge in [0.05, 0.1) is 17.6 Å². The van der Waals surface area contributed by atoms with E-state index in [1.54, 1.807) is 26.8 Å². The molecule has 0 fully saturated rings. The Hall–Kier alpha value is -2.35. The lowest BCUT2D eigenvalue weighted by Gasteiger charge is -2.33. The molecule has 1 aromatic heterocycles. The van der Waals surface area contributed by atoms with E-state index in [1.807, 2.05) is 0 Å². The van der Waals surface area contributed by atoms with Gasteiger partial charge in [-0.1, -0.05) is 32.4 Å². The van der Waals surface area contributed by atoms with Crippen LogP contribution in [0.25, 0.3) is 0 Å². The summed E-state index contributed by atoms with van der Waals surface area (Å²) in [7, 11) is 1.13. The lowest BCUT2D eigenvalue weighted by Crippen LogP contribution is -2.44. The minimum atomic E-state index is -4.68. The first-order valence-corrected chi connectivity index (χ1v) is 10.2. The van der Waals surface area contributed by atoms with Gasteiger partial charge in [0, 0.05) is 23.5 Å². The SMILES string of the molecule is CN(C(=O)C(C)(C)C)C(c1ccc(NC2Cc3cc(Cl)cc(F)c3C2)cn1)C(F)(F)F. The second kappa shape index (κ2) is 8.30. The van der Waals surface area contributed by atoms with E-state index in [9.17, 15) is 22.4 Å². The Morgan fingerprint density at radius 2 is 1.90 bits per heavy atom. The summed E-state index contributed by atoms with van der Waals surface area (Å²) in [6.45, 7) is 4.69. The summed E-state index contributed by atoms with van der Waals surface area (Å²) in [5, 5.41) is 3.51. The van der Waals surface area contributed by atoms with Crippen LogP contribution in [0.1, 0.15) is 43.6 Å². The number of hydrogen-bond donors (Lipinski definition) is 1. The minimum Gasteiger partial charge on any atom is -0.380 e. The molecule has 1 aliphatic rings. The second-order valence-electron chi connectivity index (χ2n) is 8.86. The Balaban J connectivity index is 1.77. The molecule has 2 unspecified atom stereocenters. The van der Waals surface area contributed by atoms with Crippen LogP contribution in [0, 0.1) is 11.2 Å². The number of halogens is 5. The molecule has 0 bridgehead atoms. The number of rotatable bonds is 4. The van der Waals surface area contributed by atoms with Crippen molar-refractivity contribution in [3.8, 4) is 0 Å². The molecule has 0 saturated heterocycles. The Morgan fingerprint density at radius 3 is 2.45 bits per heavy atom. The van der Waals surface area contributed by atoms with Gasteiger partial charge in [-0.25, -0.2) is 4.39 Å². The molecule has 0 saturated carbocycles. The first kappa shape index (κ1) is 23.3. The van der Waals surface area contributed by atoms with E-state index in [2.05, 4.69) is 10.3 Å². The second-order valence-corrected chi connectivity index (χ2v) is 9.29. The molecule has 0 radical (unpaired) electrons. The maximum atomic E-state index is 14.1. The molecule has 1 N–H and O–H groups in total. The molecule has 2 atom stereocenters. The molecule has 1 amide bonds. The fourth-order valence-electron chi connectivity index (χ4n) is 3.87. The van der Waals surface area contributed by atoms with Gasteiger partial charge in [0.15, 0.2) is 6.04 Å². The molecule has 0 spiro atoms. The summed E-state index contributed by atoms with van der Waals surface area (Å²) in [6, 6.07) is 3.46. The highest BCUT2D eigenvalue weighted by Gasteiger charge is 2.47. The fourth-order valence-corrected chi connectivity index (χ4v) is 4.10. The number of nitrogens with one attached hydrogen (secondary N) is 1. The van der Waals surface area contributed by atoms with Crippen molar-refractivity contribution in [2.45, 2.75) is 51.9 Å². The number of benzene rings is 1. The van der Waals surface area contributed by atoms with Crippen molar-refractivity contribution >= 4 is 23.2 Å². The van der Waals surface area contributed by atoms with Crippen molar-refractivity contribution in [2.75, 3.05) is 12.4 Å². The van der Waals surface area contributed by atoms with Crippen LogP contribution in [-0.2, 0) is 17.6 Å². The summed E-state index contributed by atoms with van der Waals surface area (Å²) in [4.78, 5) is 17.1. The standard InChI is InChI=1S/C22H24ClF4N3O/c1-21(2,3)20(31)30(4)19(22(25,26)27)18-6-5-14(11-28-18)29-15-8-12-7-13(23)9-17(24)16(12)10-15/h5-7,9,11,15,19,29H,8,10H2,1-4H3. The van der Waals surface area contributed by atoms with Crippen molar-refractivity contribution in [3.05, 3.63) is 58.1 Å². The van der Waals surface area contributed by atoms with Crippen LogP contribution < -0.4 is 5.32 Å². The van der Waals surface area contributed by atoms with Crippen LogP contribution in [0.2, 0.25) is 5.02 Å². The zero-order valence-electron chi connectivity index (χ0n) is 17.6.